The second-order valence-electron chi connectivity index (χ2n) is 6.01. The van der Waals surface area contributed by atoms with Crippen LogP contribution in [0.2, 0.25) is 0 Å². The lowest BCUT2D eigenvalue weighted by molar-refractivity contribution is 0.171. The molecule has 0 bridgehead atoms. The van der Waals surface area contributed by atoms with E-state index in [-0.39, 0.29) is 24.0 Å². The van der Waals surface area contributed by atoms with Crippen LogP contribution in [0.1, 0.15) is 16.7 Å². The van der Waals surface area contributed by atoms with Crippen molar-refractivity contribution in [1.82, 2.24) is 10.6 Å². The topological polar surface area (TPSA) is 54.9 Å². The first-order valence-electron chi connectivity index (χ1n) is 8.64. The Morgan fingerprint density at radius 3 is 2.58 bits per heavy atom. The fourth-order valence-electron chi connectivity index (χ4n) is 2.78. The van der Waals surface area contributed by atoms with Gasteiger partial charge in [0.15, 0.2) is 17.5 Å². The fraction of sp³-hybridized carbons (Fsp3) is 0.350. The van der Waals surface area contributed by atoms with Gasteiger partial charge in [0.1, 0.15) is 13.2 Å². The molecule has 0 atom stereocenters. The summed E-state index contributed by atoms with van der Waals surface area (Å²) in [4.78, 5) is 4.28. The normalized spacial score (nSPS) is 12.9. The van der Waals surface area contributed by atoms with Gasteiger partial charge in [0.05, 0.1) is 0 Å². The highest BCUT2D eigenvalue weighted by atomic mass is 127. The Morgan fingerprint density at radius 2 is 1.81 bits per heavy atom. The van der Waals surface area contributed by atoms with Gasteiger partial charge < -0.3 is 20.1 Å². The van der Waals surface area contributed by atoms with Crippen LogP contribution in [-0.4, -0.2) is 32.8 Å². The number of ether oxygens (including phenoxy) is 2. The number of fused-ring (bicyclic) bond motifs is 1. The van der Waals surface area contributed by atoms with E-state index in [0.29, 0.717) is 13.2 Å². The number of hydrogen-bond acceptors (Lipinski definition) is 3. The number of aryl methyl sites for hydroxylation is 1. The zero-order valence-electron chi connectivity index (χ0n) is 15.2. The lowest BCUT2D eigenvalue weighted by atomic mass is 10.1. The van der Waals surface area contributed by atoms with Gasteiger partial charge in [-0.2, -0.15) is 0 Å². The number of hydrogen-bond donors (Lipinski definition) is 2. The number of halogens is 1. The molecule has 0 aliphatic carbocycles. The minimum Gasteiger partial charge on any atom is -0.486 e. The van der Waals surface area contributed by atoms with Gasteiger partial charge in [-0.05, 0) is 42.2 Å². The summed E-state index contributed by atoms with van der Waals surface area (Å²) in [5.41, 5.74) is 3.77. The van der Waals surface area contributed by atoms with Crippen LogP contribution >= 0.6 is 24.0 Å². The molecule has 2 aromatic carbocycles. The molecular weight excluding hydrogens is 441 g/mol. The highest BCUT2D eigenvalue weighted by Gasteiger charge is 2.11. The largest absolute Gasteiger partial charge is 0.486 e. The van der Waals surface area contributed by atoms with Crippen molar-refractivity contribution in [1.29, 1.82) is 0 Å². The molecule has 26 heavy (non-hydrogen) atoms. The van der Waals surface area contributed by atoms with Gasteiger partial charge in [-0.25, -0.2) is 0 Å². The summed E-state index contributed by atoms with van der Waals surface area (Å²) in [5.74, 6) is 2.48. The van der Waals surface area contributed by atoms with Crippen LogP contribution in [0.5, 0.6) is 11.5 Å². The predicted molar refractivity (Wildman–Crippen MR) is 116 cm³/mol. The third-order valence-electron chi connectivity index (χ3n) is 4.24. The predicted octanol–water partition coefficient (Wildman–Crippen LogP) is 3.29. The van der Waals surface area contributed by atoms with Crippen LogP contribution in [0.4, 0.5) is 0 Å². The molecule has 3 rings (SSSR count). The van der Waals surface area contributed by atoms with Gasteiger partial charge in [0.2, 0.25) is 0 Å². The van der Waals surface area contributed by atoms with E-state index in [9.17, 15) is 0 Å². The van der Waals surface area contributed by atoms with Crippen LogP contribution in [0.25, 0.3) is 0 Å². The molecule has 0 saturated heterocycles. The number of aliphatic imine (C=N–C) groups is 1. The maximum atomic E-state index is 5.63. The summed E-state index contributed by atoms with van der Waals surface area (Å²) in [6.07, 6.45) is 0.891. The summed E-state index contributed by atoms with van der Waals surface area (Å²) < 4.78 is 11.2. The Hall–Kier alpha value is -1.96. The molecule has 2 aromatic rings. The molecule has 1 heterocycles. The van der Waals surface area contributed by atoms with Gasteiger partial charge in [0, 0.05) is 20.1 Å². The summed E-state index contributed by atoms with van der Waals surface area (Å²) in [6.45, 7) is 4.92. The maximum absolute atomic E-state index is 5.63. The first-order valence-corrected chi connectivity index (χ1v) is 8.64. The molecule has 6 heteroatoms. The third kappa shape index (κ3) is 5.52. The zero-order valence-corrected chi connectivity index (χ0v) is 17.6. The molecule has 0 spiro atoms. The van der Waals surface area contributed by atoms with Gasteiger partial charge in [-0.3, -0.25) is 4.99 Å². The fourth-order valence-corrected chi connectivity index (χ4v) is 2.78. The number of nitrogens with one attached hydrogen (secondary N) is 2. The molecule has 1 aliphatic heterocycles. The number of guanidine groups is 1. The first kappa shape index (κ1) is 20.4. The van der Waals surface area contributed by atoms with Crippen molar-refractivity contribution in [2.75, 3.05) is 26.8 Å². The van der Waals surface area contributed by atoms with Gasteiger partial charge in [0.25, 0.3) is 0 Å². The first-order chi connectivity index (χ1) is 12.3. The molecule has 0 fully saturated rings. The summed E-state index contributed by atoms with van der Waals surface area (Å²) >= 11 is 0. The quantitative estimate of drug-likeness (QED) is 0.403. The lowest BCUT2D eigenvalue weighted by Gasteiger charge is -2.19. The van der Waals surface area contributed by atoms with Crippen LogP contribution in [0.3, 0.4) is 0 Å². The molecule has 140 valence electrons. The van der Waals surface area contributed by atoms with E-state index >= 15 is 0 Å². The smallest absolute Gasteiger partial charge is 0.191 e. The van der Waals surface area contributed by atoms with Crippen LogP contribution in [0, 0.1) is 6.92 Å². The van der Waals surface area contributed by atoms with Crippen molar-refractivity contribution in [3.63, 3.8) is 0 Å². The average molecular weight is 467 g/mol. The molecule has 0 aromatic heterocycles. The van der Waals surface area contributed by atoms with E-state index in [0.717, 1.165) is 37.0 Å². The van der Waals surface area contributed by atoms with Crippen molar-refractivity contribution in [2.45, 2.75) is 19.9 Å². The highest BCUT2D eigenvalue weighted by Crippen LogP contribution is 2.30. The van der Waals surface area contributed by atoms with E-state index in [1.54, 1.807) is 7.05 Å². The number of benzene rings is 2. The molecule has 2 N–H and O–H groups in total. The lowest BCUT2D eigenvalue weighted by Crippen LogP contribution is -2.38. The molecule has 0 unspecified atom stereocenters. The second-order valence-corrected chi connectivity index (χ2v) is 6.01. The van der Waals surface area contributed by atoms with Crippen LogP contribution < -0.4 is 20.1 Å². The Morgan fingerprint density at radius 1 is 1.04 bits per heavy atom. The molecule has 5 nitrogen and oxygen atoms in total. The molecule has 0 saturated carbocycles. The van der Waals surface area contributed by atoms with Crippen molar-refractivity contribution >= 4 is 29.9 Å². The van der Waals surface area contributed by atoms with E-state index in [1.807, 2.05) is 6.07 Å². The van der Waals surface area contributed by atoms with Gasteiger partial charge >= 0.3 is 0 Å². The monoisotopic (exact) mass is 467 g/mol. The Kier molecular flexibility index (Phi) is 8.03. The Labute approximate surface area is 172 Å². The molecular formula is C20H26IN3O2. The zero-order chi connectivity index (χ0) is 17.5. The maximum Gasteiger partial charge on any atom is 0.191 e. The van der Waals surface area contributed by atoms with E-state index < -0.39 is 0 Å². The second kappa shape index (κ2) is 10.3. The van der Waals surface area contributed by atoms with E-state index in [1.165, 1.54) is 16.7 Å². The van der Waals surface area contributed by atoms with Crippen molar-refractivity contribution in [3.8, 4) is 11.5 Å². The standard InChI is InChI=1S/C20H25N3O2.HI/c1-15-5-3-4-6-17(15)14-23-20(21-2)22-10-9-16-7-8-18-19(13-16)25-12-11-24-18;/h3-8,13H,9-12,14H2,1-2H3,(H2,21,22,23);1H. The van der Waals surface area contributed by atoms with Crippen molar-refractivity contribution in [3.05, 3.63) is 59.2 Å². The van der Waals surface area contributed by atoms with Gasteiger partial charge in [-0.1, -0.05) is 30.3 Å². The van der Waals surface area contributed by atoms with E-state index in [2.05, 4.69) is 58.9 Å². The van der Waals surface area contributed by atoms with Crippen molar-refractivity contribution < 1.29 is 9.47 Å². The van der Waals surface area contributed by atoms with Crippen molar-refractivity contribution in [2.24, 2.45) is 4.99 Å². The van der Waals surface area contributed by atoms with Crippen LogP contribution in [-0.2, 0) is 13.0 Å². The minimum atomic E-state index is 0. The van der Waals surface area contributed by atoms with Gasteiger partial charge in [-0.15, -0.1) is 24.0 Å². The Balaban J connectivity index is 0.00000243. The molecule has 1 aliphatic rings. The highest BCUT2D eigenvalue weighted by molar-refractivity contribution is 14.0. The van der Waals surface area contributed by atoms with Crippen LogP contribution in [0.15, 0.2) is 47.5 Å². The summed E-state index contributed by atoms with van der Waals surface area (Å²) in [6, 6.07) is 14.5. The Bertz CT molecular complexity index is 750. The third-order valence-corrected chi connectivity index (χ3v) is 4.24. The molecule has 0 radical (unpaired) electrons. The molecule has 0 amide bonds. The SMILES string of the molecule is CN=C(NCCc1ccc2c(c1)OCCO2)NCc1ccccc1C.I. The van der Waals surface area contributed by atoms with E-state index in [4.69, 9.17) is 9.47 Å². The minimum absolute atomic E-state index is 0. The number of rotatable bonds is 5. The summed E-state index contributed by atoms with van der Waals surface area (Å²) in [7, 11) is 1.79. The summed E-state index contributed by atoms with van der Waals surface area (Å²) in [5, 5.41) is 6.71. The number of nitrogens with zero attached hydrogens (tertiary/aromatic N) is 1. The average Bonchev–Trinajstić information content (AvgIpc) is 2.65.